The molecule has 2 aromatic rings. The fourth-order valence-corrected chi connectivity index (χ4v) is 1.53. The highest BCUT2D eigenvalue weighted by Crippen LogP contribution is 2.33. The lowest BCUT2D eigenvalue weighted by Crippen LogP contribution is -1.97. The van der Waals surface area contributed by atoms with Crippen LogP contribution in [0.5, 0.6) is 11.5 Å². The fraction of sp³-hybridized carbons (Fsp3) is 0. The van der Waals surface area contributed by atoms with E-state index in [1.54, 1.807) is 6.07 Å². The highest BCUT2D eigenvalue weighted by Gasteiger charge is 2.21. The standard InChI is InChI=1S/C13H6F2N2O3/c14-10-2-1-3-12(13(10)17(18)19)20-9-5-4-8(7-16)11(15)6-9/h1-6H. The first-order valence-corrected chi connectivity index (χ1v) is 5.33. The van der Waals surface area contributed by atoms with Gasteiger partial charge >= 0.3 is 5.69 Å². The third-order valence-corrected chi connectivity index (χ3v) is 2.42. The quantitative estimate of drug-likeness (QED) is 0.634. The molecule has 0 saturated heterocycles. The summed E-state index contributed by atoms with van der Waals surface area (Å²) in [7, 11) is 0. The lowest BCUT2D eigenvalue weighted by atomic mass is 10.2. The summed E-state index contributed by atoms with van der Waals surface area (Å²) in [4.78, 5) is 9.84. The van der Waals surface area contributed by atoms with Crippen LogP contribution in [0.2, 0.25) is 0 Å². The molecule has 5 nitrogen and oxygen atoms in total. The number of nitriles is 1. The van der Waals surface area contributed by atoms with Crippen LogP contribution in [0.1, 0.15) is 5.56 Å². The number of rotatable bonds is 3. The van der Waals surface area contributed by atoms with Crippen molar-refractivity contribution in [3.05, 3.63) is 63.7 Å². The molecule has 0 aliphatic carbocycles. The summed E-state index contributed by atoms with van der Waals surface area (Å²) in [5.74, 6) is -2.31. The summed E-state index contributed by atoms with van der Waals surface area (Å²) in [6.45, 7) is 0. The molecule has 0 fully saturated rings. The third kappa shape index (κ3) is 2.54. The van der Waals surface area contributed by atoms with Crippen molar-refractivity contribution in [3.63, 3.8) is 0 Å². The second kappa shape index (κ2) is 5.32. The van der Waals surface area contributed by atoms with Crippen LogP contribution in [0.25, 0.3) is 0 Å². The molecule has 0 bridgehead atoms. The molecule has 2 rings (SSSR count). The summed E-state index contributed by atoms with van der Waals surface area (Å²) in [6, 6.07) is 8.29. The van der Waals surface area contributed by atoms with Gasteiger partial charge in [0.1, 0.15) is 17.6 Å². The van der Waals surface area contributed by atoms with E-state index in [9.17, 15) is 18.9 Å². The molecular weight excluding hydrogens is 270 g/mol. The predicted molar refractivity (Wildman–Crippen MR) is 64.2 cm³/mol. The first-order valence-electron chi connectivity index (χ1n) is 5.33. The topological polar surface area (TPSA) is 76.2 Å². The average molecular weight is 276 g/mol. The Kier molecular flexibility index (Phi) is 3.57. The summed E-state index contributed by atoms with van der Waals surface area (Å²) >= 11 is 0. The van der Waals surface area contributed by atoms with Crippen LogP contribution in [0.3, 0.4) is 0 Å². The van der Waals surface area contributed by atoms with E-state index in [2.05, 4.69) is 0 Å². The van der Waals surface area contributed by atoms with Gasteiger partial charge in [-0.2, -0.15) is 9.65 Å². The molecular formula is C13H6F2N2O3. The zero-order valence-electron chi connectivity index (χ0n) is 9.84. The molecule has 0 unspecified atom stereocenters. The first-order chi connectivity index (χ1) is 9.52. The Morgan fingerprint density at radius 2 is 1.95 bits per heavy atom. The summed E-state index contributed by atoms with van der Waals surface area (Å²) in [5.41, 5.74) is -1.02. The third-order valence-electron chi connectivity index (χ3n) is 2.42. The SMILES string of the molecule is N#Cc1ccc(Oc2cccc(F)c2[N+](=O)[O-])cc1F. The van der Waals surface area contributed by atoms with Gasteiger partial charge in [-0.15, -0.1) is 0 Å². The summed E-state index contributed by atoms with van der Waals surface area (Å²) < 4.78 is 31.8. The first kappa shape index (κ1) is 13.4. The predicted octanol–water partition coefficient (Wildman–Crippen LogP) is 3.54. The van der Waals surface area contributed by atoms with E-state index in [0.717, 1.165) is 18.2 Å². The Balaban J connectivity index is 2.41. The van der Waals surface area contributed by atoms with Crippen molar-refractivity contribution in [1.82, 2.24) is 0 Å². The van der Waals surface area contributed by atoms with Crippen molar-refractivity contribution in [2.24, 2.45) is 0 Å². The van der Waals surface area contributed by atoms with Crippen LogP contribution < -0.4 is 4.74 Å². The maximum absolute atomic E-state index is 13.4. The van der Waals surface area contributed by atoms with E-state index in [4.69, 9.17) is 10.00 Å². The Morgan fingerprint density at radius 3 is 2.55 bits per heavy atom. The summed E-state index contributed by atoms with van der Waals surface area (Å²) in [6.07, 6.45) is 0. The second-order valence-electron chi connectivity index (χ2n) is 3.70. The number of hydrogen-bond acceptors (Lipinski definition) is 4. The lowest BCUT2D eigenvalue weighted by Gasteiger charge is -2.07. The molecule has 7 heteroatoms. The zero-order valence-corrected chi connectivity index (χ0v) is 9.84. The van der Waals surface area contributed by atoms with Gasteiger partial charge in [0.15, 0.2) is 0 Å². The molecule has 0 heterocycles. The molecule has 0 spiro atoms. The molecule has 2 aromatic carbocycles. The van der Waals surface area contributed by atoms with Crippen LogP contribution in [0.15, 0.2) is 36.4 Å². The number of nitro benzene ring substituents is 1. The van der Waals surface area contributed by atoms with Crippen LogP contribution in [-0.2, 0) is 0 Å². The highest BCUT2D eigenvalue weighted by molar-refractivity contribution is 5.49. The van der Waals surface area contributed by atoms with Gasteiger partial charge in [0.25, 0.3) is 0 Å². The number of para-hydroxylation sites is 1. The molecule has 20 heavy (non-hydrogen) atoms. The van der Waals surface area contributed by atoms with E-state index in [-0.39, 0.29) is 17.1 Å². The largest absolute Gasteiger partial charge is 0.450 e. The summed E-state index contributed by atoms with van der Waals surface area (Å²) in [5, 5.41) is 19.4. The van der Waals surface area contributed by atoms with Crippen LogP contribution in [0.4, 0.5) is 14.5 Å². The molecule has 0 amide bonds. The number of halogens is 2. The maximum Gasteiger partial charge on any atom is 0.346 e. The minimum Gasteiger partial charge on any atom is -0.450 e. The molecule has 0 N–H and O–H groups in total. The molecule has 0 saturated carbocycles. The molecule has 0 atom stereocenters. The average Bonchev–Trinajstić information content (AvgIpc) is 2.38. The van der Waals surface area contributed by atoms with Crippen LogP contribution in [-0.4, -0.2) is 4.92 Å². The van der Waals surface area contributed by atoms with Gasteiger partial charge in [-0.3, -0.25) is 10.1 Å². The van der Waals surface area contributed by atoms with Gasteiger partial charge in [0, 0.05) is 6.07 Å². The van der Waals surface area contributed by atoms with Crippen molar-refractivity contribution in [2.75, 3.05) is 0 Å². The van der Waals surface area contributed by atoms with Gasteiger partial charge < -0.3 is 4.74 Å². The van der Waals surface area contributed by atoms with E-state index in [0.29, 0.717) is 0 Å². The minimum atomic E-state index is -1.05. The Hall–Kier alpha value is -3.01. The van der Waals surface area contributed by atoms with Gasteiger partial charge in [-0.1, -0.05) is 6.07 Å². The Bertz CT molecular complexity index is 726. The maximum atomic E-state index is 13.4. The number of nitro groups is 1. The number of hydrogen-bond donors (Lipinski definition) is 0. The number of nitrogens with zero attached hydrogens (tertiary/aromatic N) is 2. The normalized spacial score (nSPS) is 9.85. The second-order valence-corrected chi connectivity index (χ2v) is 3.70. The smallest absolute Gasteiger partial charge is 0.346 e. The lowest BCUT2D eigenvalue weighted by molar-refractivity contribution is -0.388. The number of ether oxygens (including phenoxy) is 1. The highest BCUT2D eigenvalue weighted by atomic mass is 19.1. The molecule has 0 aromatic heterocycles. The van der Waals surface area contributed by atoms with Crippen molar-refractivity contribution in [1.29, 1.82) is 5.26 Å². The zero-order chi connectivity index (χ0) is 14.7. The van der Waals surface area contributed by atoms with E-state index >= 15 is 0 Å². The monoisotopic (exact) mass is 276 g/mol. The van der Waals surface area contributed by atoms with Gasteiger partial charge in [0.05, 0.1) is 10.5 Å². The van der Waals surface area contributed by atoms with E-state index < -0.39 is 22.2 Å². The van der Waals surface area contributed by atoms with Gasteiger partial charge in [-0.05, 0) is 24.3 Å². The van der Waals surface area contributed by atoms with Gasteiger partial charge in [-0.25, -0.2) is 4.39 Å². The van der Waals surface area contributed by atoms with Gasteiger partial charge in [0.2, 0.25) is 11.6 Å². The Labute approximate surface area is 111 Å². The van der Waals surface area contributed by atoms with E-state index in [1.807, 2.05) is 0 Å². The number of benzene rings is 2. The fourth-order valence-electron chi connectivity index (χ4n) is 1.53. The van der Waals surface area contributed by atoms with Crippen molar-refractivity contribution in [2.45, 2.75) is 0 Å². The molecule has 0 radical (unpaired) electrons. The van der Waals surface area contributed by atoms with Crippen molar-refractivity contribution in [3.8, 4) is 17.6 Å². The van der Waals surface area contributed by atoms with Crippen molar-refractivity contribution < 1.29 is 18.4 Å². The molecule has 100 valence electrons. The molecule has 0 aliphatic rings. The minimum absolute atomic E-state index is 0.0739. The molecule has 0 aliphatic heterocycles. The van der Waals surface area contributed by atoms with E-state index in [1.165, 1.54) is 18.2 Å². The Morgan fingerprint density at radius 1 is 1.20 bits per heavy atom. The van der Waals surface area contributed by atoms with Crippen LogP contribution >= 0.6 is 0 Å². The van der Waals surface area contributed by atoms with Crippen molar-refractivity contribution >= 4 is 5.69 Å². The van der Waals surface area contributed by atoms with Crippen LogP contribution in [0, 0.1) is 33.1 Å².